The summed E-state index contributed by atoms with van der Waals surface area (Å²) >= 11 is 0. The van der Waals surface area contributed by atoms with Crippen LogP contribution in [0.5, 0.6) is 0 Å². The number of nitrogens with two attached hydrogens (primary N) is 1. The summed E-state index contributed by atoms with van der Waals surface area (Å²) in [5.41, 5.74) is 6.98. The van der Waals surface area contributed by atoms with Crippen LogP contribution in [0.3, 0.4) is 0 Å². The molecule has 0 fully saturated rings. The summed E-state index contributed by atoms with van der Waals surface area (Å²) in [6.07, 6.45) is 1.90. The van der Waals surface area contributed by atoms with E-state index in [4.69, 9.17) is 5.73 Å². The van der Waals surface area contributed by atoms with Crippen LogP contribution in [-0.4, -0.2) is 16.3 Å². The topological polar surface area (TPSA) is 68.9 Å². The molecule has 0 unspecified atom stereocenters. The number of nitrogens with zero attached hydrogens (tertiary/aromatic N) is 2. The third kappa shape index (κ3) is 2.47. The molecular weight excluding hydrogens is 214 g/mol. The van der Waals surface area contributed by atoms with Crippen LogP contribution in [0.4, 0.5) is 5.82 Å². The van der Waals surface area contributed by atoms with Crippen molar-refractivity contribution in [1.29, 1.82) is 0 Å². The molecule has 1 aromatic heterocycles. The molecule has 4 nitrogen and oxygen atoms in total. The molecule has 0 atom stereocenters. The lowest BCUT2D eigenvalue weighted by Crippen LogP contribution is -2.01. The number of carbonyl (C=O) groups is 1. The Balaban J connectivity index is 2.41. The van der Waals surface area contributed by atoms with Gasteiger partial charge in [0.2, 0.25) is 0 Å². The van der Waals surface area contributed by atoms with Crippen molar-refractivity contribution in [2.45, 2.75) is 0 Å². The summed E-state index contributed by atoms with van der Waals surface area (Å²) in [6.45, 7) is 0. The highest BCUT2D eigenvalue weighted by Gasteiger charge is 2.04. The van der Waals surface area contributed by atoms with Crippen LogP contribution in [0.25, 0.3) is 0 Å². The smallest absolute Gasteiger partial charge is 0.156 e. The first kappa shape index (κ1) is 10.8. The number of hydrogen-bond donors (Lipinski definition) is 1. The minimum absolute atomic E-state index is 0.146. The van der Waals surface area contributed by atoms with Gasteiger partial charge in [-0.05, 0) is 18.1 Å². The maximum absolute atomic E-state index is 10.8. The van der Waals surface area contributed by atoms with E-state index in [1.807, 2.05) is 30.3 Å². The predicted molar refractivity (Wildman–Crippen MR) is 64.3 cm³/mol. The number of aldehydes is 1. The van der Waals surface area contributed by atoms with E-state index in [1.165, 1.54) is 6.33 Å². The summed E-state index contributed by atoms with van der Waals surface area (Å²) < 4.78 is 0. The molecule has 2 rings (SSSR count). The van der Waals surface area contributed by atoms with Crippen molar-refractivity contribution >= 4 is 12.1 Å². The lowest BCUT2D eigenvalue weighted by atomic mass is 10.2. The Labute approximate surface area is 98.5 Å². The van der Waals surface area contributed by atoms with E-state index in [-0.39, 0.29) is 11.4 Å². The number of rotatable bonds is 1. The lowest BCUT2D eigenvalue weighted by Gasteiger charge is -1.97. The fraction of sp³-hybridized carbons (Fsp3) is 0. The van der Waals surface area contributed by atoms with Gasteiger partial charge in [-0.25, -0.2) is 9.97 Å². The van der Waals surface area contributed by atoms with Gasteiger partial charge in [0, 0.05) is 5.56 Å². The SMILES string of the molecule is Nc1ncnc(C#Cc2ccccc2)c1C=O. The second kappa shape index (κ2) is 4.90. The molecule has 17 heavy (non-hydrogen) atoms. The van der Waals surface area contributed by atoms with Gasteiger partial charge in [-0.15, -0.1) is 0 Å². The van der Waals surface area contributed by atoms with E-state index in [0.29, 0.717) is 12.0 Å². The molecule has 2 N–H and O–H groups in total. The molecule has 0 aliphatic carbocycles. The lowest BCUT2D eigenvalue weighted by molar-refractivity contribution is 0.112. The fourth-order valence-corrected chi connectivity index (χ4v) is 1.28. The number of aromatic nitrogens is 2. The molecular formula is C13H9N3O. The highest BCUT2D eigenvalue weighted by atomic mass is 16.1. The number of benzene rings is 1. The van der Waals surface area contributed by atoms with E-state index in [9.17, 15) is 4.79 Å². The normalized spacial score (nSPS) is 9.18. The van der Waals surface area contributed by atoms with E-state index < -0.39 is 0 Å². The van der Waals surface area contributed by atoms with Crippen LogP contribution in [0, 0.1) is 11.8 Å². The Morgan fingerprint density at radius 3 is 2.59 bits per heavy atom. The minimum atomic E-state index is 0.146. The van der Waals surface area contributed by atoms with Crippen LogP contribution in [0.1, 0.15) is 21.6 Å². The Bertz CT molecular complexity index is 597. The maximum Gasteiger partial charge on any atom is 0.156 e. The Hall–Kier alpha value is -2.67. The van der Waals surface area contributed by atoms with E-state index in [0.717, 1.165) is 5.56 Å². The first-order chi connectivity index (χ1) is 8.31. The first-order valence-corrected chi connectivity index (χ1v) is 4.94. The van der Waals surface area contributed by atoms with Crippen LogP contribution < -0.4 is 5.73 Å². The second-order valence-corrected chi connectivity index (χ2v) is 3.26. The second-order valence-electron chi connectivity index (χ2n) is 3.26. The molecule has 0 spiro atoms. The minimum Gasteiger partial charge on any atom is -0.383 e. The van der Waals surface area contributed by atoms with E-state index in [2.05, 4.69) is 21.8 Å². The van der Waals surface area contributed by atoms with E-state index in [1.54, 1.807) is 0 Å². The molecule has 1 heterocycles. The summed E-state index contributed by atoms with van der Waals surface area (Å²) in [4.78, 5) is 18.5. The molecule has 0 radical (unpaired) electrons. The van der Waals surface area contributed by atoms with Gasteiger partial charge in [0.25, 0.3) is 0 Å². The fourth-order valence-electron chi connectivity index (χ4n) is 1.28. The summed E-state index contributed by atoms with van der Waals surface area (Å²) in [6, 6.07) is 9.43. The third-order valence-corrected chi connectivity index (χ3v) is 2.13. The average molecular weight is 223 g/mol. The van der Waals surface area contributed by atoms with Crippen molar-refractivity contribution in [3.8, 4) is 11.8 Å². The van der Waals surface area contributed by atoms with Gasteiger partial charge in [-0.1, -0.05) is 24.1 Å². The van der Waals surface area contributed by atoms with Crippen LogP contribution in [-0.2, 0) is 0 Å². The molecule has 0 amide bonds. The molecule has 2 aromatic rings. The number of carbonyl (C=O) groups excluding carboxylic acids is 1. The van der Waals surface area contributed by atoms with Gasteiger partial charge < -0.3 is 5.73 Å². The molecule has 4 heteroatoms. The number of nitrogen functional groups attached to an aromatic ring is 1. The Kier molecular flexibility index (Phi) is 3.13. The Morgan fingerprint density at radius 1 is 1.12 bits per heavy atom. The standard InChI is InChI=1S/C13H9N3O/c14-13-11(8-17)12(15-9-16-13)7-6-10-4-2-1-3-5-10/h1-5,8-9H,(H2,14,15,16). The first-order valence-electron chi connectivity index (χ1n) is 4.94. The predicted octanol–water partition coefficient (Wildman–Crippen LogP) is 1.27. The van der Waals surface area contributed by atoms with Gasteiger partial charge in [-0.2, -0.15) is 0 Å². The van der Waals surface area contributed by atoms with Gasteiger partial charge in [-0.3, -0.25) is 4.79 Å². The quantitative estimate of drug-likeness (QED) is 0.584. The summed E-state index contributed by atoms with van der Waals surface area (Å²) in [5.74, 6) is 5.86. The zero-order chi connectivity index (χ0) is 12.1. The largest absolute Gasteiger partial charge is 0.383 e. The number of hydrogen-bond acceptors (Lipinski definition) is 4. The highest BCUT2D eigenvalue weighted by Crippen LogP contribution is 2.07. The van der Waals surface area contributed by atoms with Crippen molar-refractivity contribution in [2.24, 2.45) is 0 Å². The van der Waals surface area contributed by atoms with E-state index >= 15 is 0 Å². The zero-order valence-corrected chi connectivity index (χ0v) is 8.92. The molecule has 0 saturated heterocycles. The maximum atomic E-state index is 10.8. The van der Waals surface area contributed by atoms with Crippen LogP contribution in [0.15, 0.2) is 36.7 Å². The summed E-state index contributed by atoms with van der Waals surface area (Å²) in [7, 11) is 0. The van der Waals surface area contributed by atoms with Crippen molar-refractivity contribution < 1.29 is 4.79 Å². The van der Waals surface area contributed by atoms with Gasteiger partial charge >= 0.3 is 0 Å². The van der Waals surface area contributed by atoms with Gasteiger partial charge in [0.05, 0.1) is 5.56 Å². The van der Waals surface area contributed by atoms with Crippen LogP contribution in [0.2, 0.25) is 0 Å². The molecule has 0 saturated carbocycles. The third-order valence-electron chi connectivity index (χ3n) is 2.13. The molecule has 0 aliphatic rings. The summed E-state index contributed by atoms with van der Waals surface area (Å²) in [5, 5.41) is 0. The zero-order valence-electron chi connectivity index (χ0n) is 8.92. The van der Waals surface area contributed by atoms with Crippen molar-refractivity contribution in [3.05, 3.63) is 53.5 Å². The average Bonchev–Trinajstić information content (AvgIpc) is 2.37. The van der Waals surface area contributed by atoms with Crippen molar-refractivity contribution in [1.82, 2.24) is 9.97 Å². The molecule has 0 bridgehead atoms. The Morgan fingerprint density at radius 2 is 1.88 bits per heavy atom. The van der Waals surface area contributed by atoms with Gasteiger partial charge in [0.1, 0.15) is 17.8 Å². The van der Waals surface area contributed by atoms with Crippen molar-refractivity contribution in [2.75, 3.05) is 5.73 Å². The highest BCUT2D eigenvalue weighted by molar-refractivity contribution is 5.84. The van der Waals surface area contributed by atoms with Crippen molar-refractivity contribution in [3.63, 3.8) is 0 Å². The number of anilines is 1. The molecule has 1 aromatic carbocycles. The molecule has 82 valence electrons. The van der Waals surface area contributed by atoms with Crippen LogP contribution >= 0.6 is 0 Å². The molecule has 0 aliphatic heterocycles. The van der Waals surface area contributed by atoms with Gasteiger partial charge in [0.15, 0.2) is 6.29 Å². The monoisotopic (exact) mass is 223 g/mol.